The van der Waals surface area contributed by atoms with Crippen molar-refractivity contribution in [2.45, 2.75) is 25.0 Å². The summed E-state index contributed by atoms with van der Waals surface area (Å²) in [5.74, 6) is 0. The molecule has 1 fully saturated rings. The van der Waals surface area contributed by atoms with Crippen LogP contribution in [0.15, 0.2) is 23.3 Å². The number of thioether (sulfide) groups is 1. The molecule has 3 heteroatoms. The molecule has 0 unspecified atom stereocenters. The summed E-state index contributed by atoms with van der Waals surface area (Å²) >= 11 is 2.07. The minimum atomic E-state index is 0.840. The summed E-state index contributed by atoms with van der Waals surface area (Å²) in [6.07, 6.45) is 9.06. The normalized spacial score (nSPS) is 23.7. The SMILES string of the molecule is CCN1CCC(SC2=CC=CNC2)CC1. The number of rotatable bonds is 3. The molecule has 0 amide bonds. The Bertz CT molecular complexity index is 252. The molecule has 0 saturated carbocycles. The first-order valence-corrected chi connectivity index (χ1v) is 6.74. The van der Waals surface area contributed by atoms with E-state index in [9.17, 15) is 0 Å². The van der Waals surface area contributed by atoms with Crippen LogP contribution in [0.5, 0.6) is 0 Å². The fourth-order valence-electron chi connectivity index (χ4n) is 2.08. The smallest absolute Gasteiger partial charge is 0.0454 e. The quantitative estimate of drug-likeness (QED) is 0.791. The van der Waals surface area contributed by atoms with Crippen LogP contribution >= 0.6 is 11.8 Å². The number of hydrogen-bond donors (Lipinski definition) is 1. The average Bonchev–Trinajstić information content (AvgIpc) is 2.31. The standard InChI is InChI=1S/C12H20N2S/c1-2-14-8-5-11(6-9-14)15-12-4-3-7-13-10-12/h3-4,7,11,13H,2,5-6,8-10H2,1H3. The Hall–Kier alpha value is -0.410. The van der Waals surface area contributed by atoms with Crippen molar-refractivity contribution in [1.29, 1.82) is 0 Å². The molecule has 0 aliphatic carbocycles. The topological polar surface area (TPSA) is 15.3 Å². The molecule has 0 atom stereocenters. The van der Waals surface area contributed by atoms with E-state index in [1.807, 2.05) is 6.20 Å². The number of allylic oxidation sites excluding steroid dienone is 2. The molecule has 0 aromatic rings. The lowest BCUT2D eigenvalue weighted by Gasteiger charge is -2.31. The Kier molecular flexibility index (Phi) is 4.15. The van der Waals surface area contributed by atoms with E-state index in [1.165, 1.54) is 37.4 Å². The third-order valence-electron chi connectivity index (χ3n) is 3.07. The number of nitrogens with one attached hydrogen (secondary N) is 1. The number of hydrogen-bond acceptors (Lipinski definition) is 3. The molecule has 0 bridgehead atoms. The zero-order valence-electron chi connectivity index (χ0n) is 9.41. The van der Waals surface area contributed by atoms with Gasteiger partial charge >= 0.3 is 0 Å². The first-order chi connectivity index (χ1) is 7.38. The summed E-state index contributed by atoms with van der Waals surface area (Å²) in [6.45, 7) is 7.06. The molecule has 15 heavy (non-hydrogen) atoms. The Morgan fingerprint density at radius 2 is 2.27 bits per heavy atom. The van der Waals surface area contributed by atoms with Crippen molar-refractivity contribution in [2.24, 2.45) is 0 Å². The van der Waals surface area contributed by atoms with Gasteiger partial charge in [-0.2, -0.15) is 0 Å². The third kappa shape index (κ3) is 3.28. The van der Waals surface area contributed by atoms with E-state index < -0.39 is 0 Å². The Balaban J connectivity index is 1.76. The predicted molar refractivity (Wildman–Crippen MR) is 68.0 cm³/mol. The Morgan fingerprint density at radius 3 is 2.87 bits per heavy atom. The maximum Gasteiger partial charge on any atom is 0.0454 e. The molecule has 2 aliphatic rings. The molecule has 2 aliphatic heterocycles. The first-order valence-electron chi connectivity index (χ1n) is 5.86. The highest BCUT2D eigenvalue weighted by atomic mass is 32.2. The van der Waals surface area contributed by atoms with Crippen LogP contribution in [0, 0.1) is 0 Å². The van der Waals surface area contributed by atoms with Crippen molar-refractivity contribution in [1.82, 2.24) is 10.2 Å². The van der Waals surface area contributed by atoms with Gasteiger partial charge in [0.05, 0.1) is 0 Å². The number of dihydropyridines is 1. The minimum absolute atomic E-state index is 0.840. The lowest BCUT2D eigenvalue weighted by atomic mass is 10.1. The van der Waals surface area contributed by atoms with Crippen molar-refractivity contribution in [3.05, 3.63) is 23.3 Å². The summed E-state index contributed by atoms with van der Waals surface area (Å²) in [4.78, 5) is 4.04. The second kappa shape index (κ2) is 5.61. The molecular formula is C12H20N2S. The van der Waals surface area contributed by atoms with Crippen molar-refractivity contribution in [3.63, 3.8) is 0 Å². The molecule has 2 heterocycles. The second-order valence-electron chi connectivity index (χ2n) is 4.12. The zero-order chi connectivity index (χ0) is 10.5. The fourth-order valence-corrected chi connectivity index (χ4v) is 3.28. The van der Waals surface area contributed by atoms with Gasteiger partial charge in [0.1, 0.15) is 0 Å². The Labute approximate surface area is 96.8 Å². The van der Waals surface area contributed by atoms with Gasteiger partial charge in [-0.25, -0.2) is 0 Å². The first kappa shape index (κ1) is 11.1. The van der Waals surface area contributed by atoms with Gasteiger partial charge in [0, 0.05) is 16.7 Å². The van der Waals surface area contributed by atoms with E-state index in [-0.39, 0.29) is 0 Å². The molecular weight excluding hydrogens is 204 g/mol. The molecule has 0 spiro atoms. The fraction of sp³-hybridized carbons (Fsp3) is 0.667. The predicted octanol–water partition coefficient (Wildman–Crippen LogP) is 2.20. The monoisotopic (exact) mass is 224 g/mol. The summed E-state index contributed by atoms with van der Waals surface area (Å²) in [6, 6.07) is 0. The summed E-state index contributed by atoms with van der Waals surface area (Å²) in [7, 11) is 0. The minimum Gasteiger partial charge on any atom is -0.386 e. The molecule has 2 nitrogen and oxygen atoms in total. The molecule has 0 radical (unpaired) electrons. The van der Waals surface area contributed by atoms with Crippen LogP contribution in [-0.2, 0) is 0 Å². The second-order valence-corrected chi connectivity index (χ2v) is 5.55. The van der Waals surface area contributed by atoms with E-state index in [0.717, 1.165) is 11.8 Å². The van der Waals surface area contributed by atoms with E-state index in [4.69, 9.17) is 0 Å². The third-order valence-corrected chi connectivity index (χ3v) is 4.46. The maximum atomic E-state index is 3.26. The van der Waals surface area contributed by atoms with Crippen LogP contribution in [-0.4, -0.2) is 36.3 Å². The zero-order valence-corrected chi connectivity index (χ0v) is 10.2. The van der Waals surface area contributed by atoms with E-state index in [0.29, 0.717) is 0 Å². The molecule has 1 N–H and O–H groups in total. The molecule has 84 valence electrons. The highest BCUT2D eigenvalue weighted by Gasteiger charge is 2.19. The highest BCUT2D eigenvalue weighted by molar-refractivity contribution is 8.03. The van der Waals surface area contributed by atoms with Crippen molar-refractivity contribution in [3.8, 4) is 0 Å². The van der Waals surface area contributed by atoms with E-state index >= 15 is 0 Å². The lowest BCUT2D eigenvalue weighted by Crippen LogP contribution is -2.34. The maximum absolute atomic E-state index is 3.26. The summed E-state index contributed by atoms with van der Waals surface area (Å²) in [5, 5.41) is 4.10. The summed E-state index contributed by atoms with van der Waals surface area (Å²) in [5.41, 5.74) is 0. The van der Waals surface area contributed by atoms with Gasteiger partial charge in [-0.1, -0.05) is 6.92 Å². The highest BCUT2D eigenvalue weighted by Crippen LogP contribution is 2.29. The Morgan fingerprint density at radius 1 is 1.47 bits per heavy atom. The lowest BCUT2D eigenvalue weighted by molar-refractivity contribution is 0.244. The van der Waals surface area contributed by atoms with Crippen LogP contribution in [0.3, 0.4) is 0 Å². The number of nitrogens with zero attached hydrogens (tertiary/aromatic N) is 1. The van der Waals surface area contributed by atoms with Crippen LogP contribution in [0.25, 0.3) is 0 Å². The van der Waals surface area contributed by atoms with E-state index in [1.54, 1.807) is 0 Å². The van der Waals surface area contributed by atoms with Gasteiger partial charge in [-0.15, -0.1) is 11.8 Å². The molecule has 1 saturated heterocycles. The molecule has 2 rings (SSSR count). The van der Waals surface area contributed by atoms with Gasteiger partial charge in [0.25, 0.3) is 0 Å². The molecule has 0 aromatic carbocycles. The van der Waals surface area contributed by atoms with Crippen molar-refractivity contribution < 1.29 is 0 Å². The molecule has 0 aromatic heterocycles. The largest absolute Gasteiger partial charge is 0.386 e. The van der Waals surface area contributed by atoms with Gasteiger partial charge in [0.2, 0.25) is 0 Å². The van der Waals surface area contributed by atoms with Crippen LogP contribution in [0.1, 0.15) is 19.8 Å². The van der Waals surface area contributed by atoms with Gasteiger partial charge in [-0.3, -0.25) is 0 Å². The number of piperidine rings is 1. The average molecular weight is 224 g/mol. The van der Waals surface area contributed by atoms with Crippen LogP contribution in [0.4, 0.5) is 0 Å². The summed E-state index contributed by atoms with van der Waals surface area (Å²) < 4.78 is 0. The van der Waals surface area contributed by atoms with Gasteiger partial charge in [-0.05, 0) is 50.8 Å². The van der Waals surface area contributed by atoms with Gasteiger partial charge < -0.3 is 10.2 Å². The van der Waals surface area contributed by atoms with Crippen molar-refractivity contribution in [2.75, 3.05) is 26.2 Å². The van der Waals surface area contributed by atoms with Gasteiger partial charge in [0.15, 0.2) is 0 Å². The van der Waals surface area contributed by atoms with E-state index in [2.05, 4.69) is 41.1 Å². The van der Waals surface area contributed by atoms with Crippen LogP contribution < -0.4 is 5.32 Å². The number of likely N-dealkylation sites (tertiary alicyclic amines) is 1. The van der Waals surface area contributed by atoms with Crippen LogP contribution in [0.2, 0.25) is 0 Å². The van der Waals surface area contributed by atoms with Crippen molar-refractivity contribution >= 4 is 11.8 Å².